The Bertz CT molecular complexity index is 905. The van der Waals surface area contributed by atoms with E-state index in [2.05, 4.69) is 10.6 Å². The molecule has 2 aromatic carbocycles. The van der Waals surface area contributed by atoms with Gasteiger partial charge in [0, 0.05) is 5.02 Å². The van der Waals surface area contributed by atoms with Gasteiger partial charge in [-0.2, -0.15) is 0 Å². The minimum absolute atomic E-state index is 0.139. The van der Waals surface area contributed by atoms with Crippen molar-refractivity contribution in [3.05, 3.63) is 56.8 Å². The van der Waals surface area contributed by atoms with Crippen molar-refractivity contribution in [3.63, 3.8) is 0 Å². The summed E-state index contributed by atoms with van der Waals surface area (Å²) in [5.74, 6) is -5.84. The first-order chi connectivity index (χ1) is 13.1. The van der Waals surface area contributed by atoms with Crippen molar-refractivity contribution in [1.82, 2.24) is 4.90 Å². The SMILES string of the molecule is CN(CC(=O)Nc1ccc(F)c(F)c1F)CC(=O)Nc1c(Cl)cc(Cl)cc1Cl. The van der Waals surface area contributed by atoms with Crippen LogP contribution in [-0.4, -0.2) is 36.9 Å². The lowest BCUT2D eigenvalue weighted by molar-refractivity contribution is -0.119. The lowest BCUT2D eigenvalue weighted by Crippen LogP contribution is -2.36. The van der Waals surface area contributed by atoms with E-state index in [1.165, 1.54) is 24.1 Å². The number of likely N-dealkylation sites (N-methyl/N-ethyl adjacent to an activating group) is 1. The maximum Gasteiger partial charge on any atom is 0.238 e. The van der Waals surface area contributed by atoms with Crippen LogP contribution in [0.2, 0.25) is 15.1 Å². The fourth-order valence-electron chi connectivity index (χ4n) is 2.20. The van der Waals surface area contributed by atoms with Crippen LogP contribution in [-0.2, 0) is 9.59 Å². The van der Waals surface area contributed by atoms with Gasteiger partial charge in [-0.25, -0.2) is 13.2 Å². The molecular formula is C17H13Cl3F3N3O2. The number of nitrogens with one attached hydrogen (secondary N) is 2. The minimum Gasteiger partial charge on any atom is -0.322 e. The second-order valence-electron chi connectivity index (χ2n) is 5.74. The van der Waals surface area contributed by atoms with Gasteiger partial charge in [0.25, 0.3) is 0 Å². The topological polar surface area (TPSA) is 61.4 Å². The summed E-state index contributed by atoms with van der Waals surface area (Å²) in [5.41, 5.74) is -0.346. The van der Waals surface area contributed by atoms with Gasteiger partial charge in [-0.05, 0) is 31.3 Å². The number of rotatable bonds is 6. The van der Waals surface area contributed by atoms with Gasteiger partial charge in [-0.1, -0.05) is 34.8 Å². The van der Waals surface area contributed by atoms with Gasteiger partial charge in [-0.3, -0.25) is 14.5 Å². The maximum absolute atomic E-state index is 13.6. The van der Waals surface area contributed by atoms with Crippen molar-refractivity contribution in [1.29, 1.82) is 0 Å². The predicted octanol–water partition coefficient (Wildman–Crippen LogP) is 4.57. The molecule has 2 N–H and O–H groups in total. The van der Waals surface area contributed by atoms with Crippen molar-refractivity contribution >= 4 is 58.0 Å². The zero-order valence-corrected chi connectivity index (χ0v) is 16.5. The van der Waals surface area contributed by atoms with Crippen LogP contribution in [0.25, 0.3) is 0 Å². The number of anilines is 2. The van der Waals surface area contributed by atoms with Gasteiger partial charge in [0.05, 0.1) is 34.5 Å². The van der Waals surface area contributed by atoms with Crippen LogP contribution < -0.4 is 10.6 Å². The summed E-state index contributed by atoms with van der Waals surface area (Å²) in [6.45, 7) is -0.559. The van der Waals surface area contributed by atoms with Crippen molar-refractivity contribution < 1.29 is 22.8 Å². The summed E-state index contributed by atoms with van der Waals surface area (Å²) in [4.78, 5) is 25.3. The molecule has 0 saturated carbocycles. The van der Waals surface area contributed by atoms with Crippen molar-refractivity contribution in [2.24, 2.45) is 0 Å². The molecule has 0 saturated heterocycles. The van der Waals surface area contributed by atoms with E-state index in [-0.39, 0.29) is 28.8 Å². The van der Waals surface area contributed by atoms with Crippen LogP contribution in [0.15, 0.2) is 24.3 Å². The summed E-state index contributed by atoms with van der Waals surface area (Å²) in [5, 5.41) is 5.18. The minimum atomic E-state index is -1.69. The molecule has 0 radical (unpaired) electrons. The van der Waals surface area contributed by atoms with Gasteiger partial charge in [0.1, 0.15) is 0 Å². The monoisotopic (exact) mass is 453 g/mol. The third kappa shape index (κ3) is 5.75. The van der Waals surface area contributed by atoms with Crippen molar-refractivity contribution in [3.8, 4) is 0 Å². The van der Waals surface area contributed by atoms with E-state index in [4.69, 9.17) is 34.8 Å². The zero-order valence-electron chi connectivity index (χ0n) is 14.3. The van der Waals surface area contributed by atoms with E-state index in [1.54, 1.807) is 0 Å². The first-order valence-corrected chi connectivity index (χ1v) is 8.78. The number of hydrogen-bond acceptors (Lipinski definition) is 3. The number of nitrogens with zero attached hydrogens (tertiary/aromatic N) is 1. The zero-order chi connectivity index (χ0) is 21.0. The molecule has 0 aliphatic rings. The molecule has 0 unspecified atom stereocenters. The van der Waals surface area contributed by atoms with E-state index in [0.717, 1.165) is 6.07 Å². The van der Waals surface area contributed by atoms with Crippen LogP contribution in [0, 0.1) is 17.5 Å². The Balaban J connectivity index is 1.93. The molecule has 0 aliphatic carbocycles. The predicted molar refractivity (Wildman–Crippen MR) is 103 cm³/mol. The Labute approximate surface area is 173 Å². The van der Waals surface area contributed by atoms with Crippen LogP contribution in [0.1, 0.15) is 0 Å². The Hall–Kier alpha value is -2.00. The average molecular weight is 455 g/mol. The van der Waals surface area contributed by atoms with Crippen LogP contribution in [0.4, 0.5) is 24.5 Å². The smallest absolute Gasteiger partial charge is 0.238 e. The molecule has 0 aliphatic heterocycles. The van der Waals surface area contributed by atoms with Gasteiger partial charge in [-0.15, -0.1) is 0 Å². The maximum atomic E-state index is 13.6. The van der Waals surface area contributed by atoms with Gasteiger partial charge in [0.15, 0.2) is 17.5 Å². The third-order valence-electron chi connectivity index (χ3n) is 3.41. The average Bonchev–Trinajstić information content (AvgIpc) is 2.58. The molecule has 0 spiro atoms. The van der Waals surface area contributed by atoms with Crippen LogP contribution in [0.5, 0.6) is 0 Å². The van der Waals surface area contributed by atoms with Gasteiger partial charge < -0.3 is 10.6 Å². The normalized spacial score (nSPS) is 10.9. The fraction of sp³-hybridized carbons (Fsp3) is 0.176. The number of amides is 2. The van der Waals surface area contributed by atoms with Gasteiger partial charge >= 0.3 is 0 Å². The molecule has 28 heavy (non-hydrogen) atoms. The van der Waals surface area contributed by atoms with E-state index >= 15 is 0 Å². The summed E-state index contributed by atoms with van der Waals surface area (Å²) in [6.07, 6.45) is 0. The summed E-state index contributed by atoms with van der Waals surface area (Å²) in [7, 11) is 1.45. The molecule has 5 nitrogen and oxygen atoms in total. The third-order valence-corrected chi connectivity index (χ3v) is 4.22. The number of benzene rings is 2. The molecular weight excluding hydrogens is 442 g/mol. The molecule has 0 heterocycles. The molecule has 2 amide bonds. The Morgan fingerprint density at radius 2 is 1.46 bits per heavy atom. The molecule has 0 atom stereocenters. The van der Waals surface area contributed by atoms with E-state index in [9.17, 15) is 22.8 Å². The van der Waals surface area contributed by atoms with E-state index in [0.29, 0.717) is 11.1 Å². The summed E-state index contributed by atoms with van der Waals surface area (Å²) >= 11 is 17.7. The van der Waals surface area contributed by atoms with Crippen LogP contribution in [0.3, 0.4) is 0 Å². The van der Waals surface area contributed by atoms with Crippen molar-refractivity contribution in [2.75, 3.05) is 30.8 Å². The Morgan fingerprint density at radius 1 is 0.929 bits per heavy atom. The highest BCUT2D eigenvalue weighted by Gasteiger charge is 2.18. The molecule has 11 heteroatoms. The first-order valence-electron chi connectivity index (χ1n) is 7.64. The van der Waals surface area contributed by atoms with Gasteiger partial charge in [0.2, 0.25) is 11.8 Å². The van der Waals surface area contributed by atoms with E-state index < -0.39 is 35.0 Å². The Morgan fingerprint density at radius 3 is 2.04 bits per heavy atom. The highest BCUT2D eigenvalue weighted by Crippen LogP contribution is 2.33. The number of hydrogen-bond donors (Lipinski definition) is 2. The molecule has 0 aromatic heterocycles. The van der Waals surface area contributed by atoms with E-state index in [1.807, 2.05) is 0 Å². The molecule has 2 rings (SSSR count). The highest BCUT2D eigenvalue weighted by molar-refractivity contribution is 6.42. The summed E-state index contributed by atoms with van der Waals surface area (Å²) in [6, 6.07) is 4.38. The molecule has 0 fully saturated rings. The standard InChI is InChI=1S/C17H13Cl3F3N3O2/c1-26(6-13(27)24-12-3-2-11(21)15(22)16(12)23)7-14(28)25-17-9(19)4-8(18)5-10(17)20/h2-5H,6-7H2,1H3,(H,24,27)(H,25,28). The molecule has 2 aromatic rings. The number of halogens is 6. The molecule has 150 valence electrons. The highest BCUT2D eigenvalue weighted by atomic mass is 35.5. The summed E-state index contributed by atoms with van der Waals surface area (Å²) < 4.78 is 39.7. The number of carbonyl (C=O) groups is 2. The fourth-order valence-corrected chi connectivity index (χ4v) is 3.11. The second-order valence-corrected chi connectivity index (χ2v) is 6.99. The quantitative estimate of drug-likeness (QED) is 0.629. The first kappa shape index (κ1) is 22.3. The second kappa shape index (κ2) is 9.47. The molecule has 0 bridgehead atoms. The lowest BCUT2D eigenvalue weighted by atomic mass is 10.2. The van der Waals surface area contributed by atoms with Crippen LogP contribution >= 0.6 is 34.8 Å². The van der Waals surface area contributed by atoms with Crippen molar-refractivity contribution in [2.45, 2.75) is 0 Å². The number of carbonyl (C=O) groups excluding carboxylic acids is 2. The lowest BCUT2D eigenvalue weighted by Gasteiger charge is -2.17. The Kier molecular flexibility index (Phi) is 7.54. The largest absolute Gasteiger partial charge is 0.322 e.